The smallest absolute Gasteiger partial charge is 0.265 e. The maximum Gasteiger partial charge on any atom is 0.265 e. The van der Waals surface area contributed by atoms with Crippen LogP contribution in [0, 0.1) is 11.7 Å². The summed E-state index contributed by atoms with van der Waals surface area (Å²) in [7, 11) is 0. The molecule has 1 saturated carbocycles. The molecule has 2 heterocycles. The predicted molar refractivity (Wildman–Crippen MR) is 103 cm³/mol. The van der Waals surface area contributed by atoms with E-state index in [0.29, 0.717) is 42.4 Å². The molecule has 1 N–H and O–H groups in total. The number of thiazole rings is 1. The molecule has 0 atom stereocenters. The molecule has 0 bridgehead atoms. The summed E-state index contributed by atoms with van der Waals surface area (Å²) in [5.41, 5.74) is 0.474. The number of hydrogen-bond acceptors (Lipinski definition) is 4. The highest BCUT2D eigenvalue weighted by atomic mass is 35.5. The lowest BCUT2D eigenvalue weighted by molar-refractivity contribution is -0.121. The van der Waals surface area contributed by atoms with Crippen LogP contribution in [0.25, 0.3) is 0 Å². The van der Waals surface area contributed by atoms with Crippen molar-refractivity contribution in [1.29, 1.82) is 0 Å². The summed E-state index contributed by atoms with van der Waals surface area (Å²) in [5.74, 6) is -0.274. The van der Waals surface area contributed by atoms with E-state index in [0.717, 1.165) is 5.01 Å². The molecule has 0 spiro atoms. The molecular formula is C19H19ClFN3O2S. The van der Waals surface area contributed by atoms with Crippen molar-refractivity contribution in [1.82, 2.24) is 9.88 Å². The second-order valence-electron chi connectivity index (χ2n) is 7.02. The van der Waals surface area contributed by atoms with Crippen LogP contribution in [0.15, 0.2) is 24.4 Å². The van der Waals surface area contributed by atoms with Crippen molar-refractivity contribution in [3.05, 3.63) is 45.1 Å². The number of anilines is 1. The summed E-state index contributed by atoms with van der Waals surface area (Å²) >= 11 is 7.24. The molecule has 4 rings (SSSR count). The first-order chi connectivity index (χ1) is 13.0. The van der Waals surface area contributed by atoms with Gasteiger partial charge in [0.25, 0.3) is 5.91 Å². The van der Waals surface area contributed by atoms with Crippen LogP contribution in [0.1, 0.15) is 46.3 Å². The van der Waals surface area contributed by atoms with Gasteiger partial charge >= 0.3 is 0 Å². The largest absolute Gasteiger partial charge is 0.338 e. The minimum absolute atomic E-state index is 0.00331. The molecular weight excluding hydrogens is 389 g/mol. The highest BCUT2D eigenvalue weighted by Crippen LogP contribution is 2.42. The van der Waals surface area contributed by atoms with E-state index in [2.05, 4.69) is 10.3 Å². The zero-order valence-electron chi connectivity index (χ0n) is 14.6. The third-order valence-electron chi connectivity index (χ3n) is 5.00. The molecule has 1 aliphatic heterocycles. The fourth-order valence-corrected chi connectivity index (χ4v) is 4.46. The molecule has 142 valence electrons. The molecule has 2 fully saturated rings. The van der Waals surface area contributed by atoms with Gasteiger partial charge in [0, 0.05) is 30.6 Å². The SMILES string of the molecule is O=C(Nc1ccc(F)c(Cl)c1)C1CCN(C(=O)c2cnc(C3CC3)s2)CC1. The van der Waals surface area contributed by atoms with E-state index in [4.69, 9.17) is 11.6 Å². The van der Waals surface area contributed by atoms with Crippen molar-refractivity contribution in [3.63, 3.8) is 0 Å². The van der Waals surface area contributed by atoms with Crippen molar-refractivity contribution in [2.45, 2.75) is 31.6 Å². The summed E-state index contributed by atoms with van der Waals surface area (Å²) in [4.78, 5) is 31.9. The monoisotopic (exact) mass is 407 g/mol. The fraction of sp³-hybridized carbons (Fsp3) is 0.421. The Labute approximate surface area is 165 Å². The van der Waals surface area contributed by atoms with Crippen LogP contribution >= 0.6 is 22.9 Å². The third kappa shape index (κ3) is 4.14. The van der Waals surface area contributed by atoms with Crippen LogP contribution in [0.3, 0.4) is 0 Å². The molecule has 0 unspecified atom stereocenters. The van der Waals surface area contributed by atoms with E-state index in [1.54, 1.807) is 11.1 Å². The number of carbonyl (C=O) groups is 2. The Morgan fingerprint density at radius 3 is 2.63 bits per heavy atom. The number of piperidine rings is 1. The van der Waals surface area contributed by atoms with Gasteiger partial charge in [0.05, 0.1) is 16.2 Å². The maximum absolute atomic E-state index is 13.2. The zero-order valence-corrected chi connectivity index (χ0v) is 16.2. The molecule has 1 saturated heterocycles. The Balaban J connectivity index is 1.31. The minimum Gasteiger partial charge on any atom is -0.338 e. The number of halogens is 2. The van der Waals surface area contributed by atoms with E-state index in [1.165, 1.54) is 42.4 Å². The normalized spacial score (nSPS) is 17.8. The van der Waals surface area contributed by atoms with Gasteiger partial charge in [-0.3, -0.25) is 9.59 Å². The number of benzene rings is 1. The number of nitrogens with one attached hydrogen (secondary N) is 1. The van der Waals surface area contributed by atoms with Crippen LogP contribution in [-0.4, -0.2) is 34.8 Å². The second-order valence-corrected chi connectivity index (χ2v) is 8.49. The van der Waals surface area contributed by atoms with Gasteiger partial charge in [-0.25, -0.2) is 9.37 Å². The summed E-state index contributed by atoms with van der Waals surface area (Å²) in [6.07, 6.45) is 5.21. The van der Waals surface area contributed by atoms with Gasteiger partial charge in [-0.05, 0) is 43.9 Å². The van der Waals surface area contributed by atoms with Gasteiger partial charge in [0.15, 0.2) is 0 Å². The van der Waals surface area contributed by atoms with E-state index in [-0.39, 0.29) is 22.8 Å². The molecule has 5 nitrogen and oxygen atoms in total. The first kappa shape index (κ1) is 18.4. The van der Waals surface area contributed by atoms with Gasteiger partial charge in [-0.2, -0.15) is 0 Å². The van der Waals surface area contributed by atoms with Gasteiger partial charge in [-0.1, -0.05) is 11.6 Å². The fourth-order valence-electron chi connectivity index (χ4n) is 3.22. The lowest BCUT2D eigenvalue weighted by Crippen LogP contribution is -2.41. The van der Waals surface area contributed by atoms with E-state index < -0.39 is 5.82 Å². The number of aromatic nitrogens is 1. The lowest BCUT2D eigenvalue weighted by Gasteiger charge is -2.31. The van der Waals surface area contributed by atoms with Gasteiger partial charge in [0.1, 0.15) is 10.7 Å². The molecule has 1 aromatic heterocycles. The Morgan fingerprint density at radius 1 is 1.22 bits per heavy atom. The summed E-state index contributed by atoms with van der Waals surface area (Å²) < 4.78 is 13.2. The highest BCUT2D eigenvalue weighted by molar-refractivity contribution is 7.13. The predicted octanol–water partition coefficient (Wildman–Crippen LogP) is 4.30. The number of amides is 2. The van der Waals surface area contributed by atoms with Crippen molar-refractivity contribution < 1.29 is 14.0 Å². The van der Waals surface area contributed by atoms with Crippen LogP contribution < -0.4 is 5.32 Å². The van der Waals surface area contributed by atoms with Crippen LogP contribution in [-0.2, 0) is 4.79 Å². The number of carbonyl (C=O) groups excluding carboxylic acids is 2. The Morgan fingerprint density at radius 2 is 1.96 bits per heavy atom. The molecule has 2 aliphatic rings. The minimum atomic E-state index is -0.519. The number of hydrogen-bond donors (Lipinski definition) is 1. The second kappa shape index (κ2) is 7.56. The Bertz CT molecular complexity index is 876. The summed E-state index contributed by atoms with van der Waals surface area (Å²) in [5, 5.41) is 3.81. The van der Waals surface area contributed by atoms with Crippen molar-refractivity contribution in [2.24, 2.45) is 5.92 Å². The lowest BCUT2D eigenvalue weighted by atomic mass is 9.95. The first-order valence-electron chi connectivity index (χ1n) is 9.02. The number of likely N-dealkylation sites (tertiary alicyclic amines) is 1. The number of nitrogens with zero attached hydrogens (tertiary/aromatic N) is 2. The number of rotatable bonds is 4. The molecule has 1 aliphatic carbocycles. The van der Waals surface area contributed by atoms with E-state index >= 15 is 0 Å². The van der Waals surface area contributed by atoms with Gasteiger partial charge < -0.3 is 10.2 Å². The Kier molecular flexibility index (Phi) is 5.14. The average molecular weight is 408 g/mol. The topological polar surface area (TPSA) is 62.3 Å². The van der Waals surface area contributed by atoms with Gasteiger partial charge in [0.2, 0.25) is 5.91 Å². The standard InChI is InChI=1S/C19H19ClFN3O2S/c20-14-9-13(3-4-15(14)21)23-17(25)11-5-7-24(8-6-11)19(26)16-10-22-18(27-16)12-1-2-12/h3-4,9-12H,1-2,5-8H2,(H,23,25). The van der Waals surface area contributed by atoms with Crippen molar-refractivity contribution in [2.75, 3.05) is 18.4 Å². The van der Waals surface area contributed by atoms with Crippen LogP contribution in [0.5, 0.6) is 0 Å². The molecule has 2 aromatic rings. The van der Waals surface area contributed by atoms with E-state index in [9.17, 15) is 14.0 Å². The Hall–Kier alpha value is -1.99. The molecule has 1 aromatic carbocycles. The maximum atomic E-state index is 13.2. The quantitative estimate of drug-likeness (QED) is 0.821. The van der Waals surface area contributed by atoms with Crippen molar-refractivity contribution in [3.8, 4) is 0 Å². The highest BCUT2D eigenvalue weighted by Gasteiger charge is 2.31. The first-order valence-corrected chi connectivity index (χ1v) is 10.2. The average Bonchev–Trinajstić information content (AvgIpc) is 3.41. The zero-order chi connectivity index (χ0) is 19.0. The summed E-state index contributed by atoms with van der Waals surface area (Å²) in [6.45, 7) is 1.08. The molecule has 2 amide bonds. The van der Waals surface area contributed by atoms with Gasteiger partial charge in [-0.15, -0.1) is 11.3 Å². The van der Waals surface area contributed by atoms with Crippen LogP contribution in [0.4, 0.5) is 10.1 Å². The van der Waals surface area contributed by atoms with Crippen molar-refractivity contribution >= 4 is 40.4 Å². The molecule has 0 radical (unpaired) electrons. The molecule has 27 heavy (non-hydrogen) atoms. The van der Waals surface area contributed by atoms with Crippen LogP contribution in [0.2, 0.25) is 5.02 Å². The van der Waals surface area contributed by atoms with E-state index in [1.807, 2.05) is 0 Å². The third-order valence-corrected chi connectivity index (χ3v) is 6.44. The molecule has 8 heteroatoms. The summed E-state index contributed by atoms with van der Waals surface area (Å²) in [6, 6.07) is 4.11.